The number of methoxy groups -OCH3 is 1. The van der Waals surface area contributed by atoms with Gasteiger partial charge in [0.05, 0.1) is 18.1 Å². The van der Waals surface area contributed by atoms with Gasteiger partial charge in [0.2, 0.25) is 0 Å². The van der Waals surface area contributed by atoms with Gasteiger partial charge in [-0.25, -0.2) is 9.37 Å². The first-order valence-electron chi connectivity index (χ1n) is 8.69. The molecule has 1 heterocycles. The fourth-order valence-corrected chi connectivity index (χ4v) is 3.07. The molecule has 4 nitrogen and oxygen atoms in total. The van der Waals surface area contributed by atoms with Gasteiger partial charge in [-0.1, -0.05) is 36.4 Å². The number of benzene rings is 3. The van der Waals surface area contributed by atoms with E-state index in [2.05, 4.69) is 4.57 Å². The summed E-state index contributed by atoms with van der Waals surface area (Å²) in [5.74, 6) is 1.44. The van der Waals surface area contributed by atoms with Crippen molar-refractivity contribution in [3.8, 4) is 11.5 Å². The highest BCUT2D eigenvalue weighted by molar-refractivity contribution is 5.76. The Balaban J connectivity index is 1.66. The third kappa shape index (κ3) is 3.62. The molecule has 0 spiro atoms. The summed E-state index contributed by atoms with van der Waals surface area (Å²) in [6.45, 7) is 0.826. The third-order valence-corrected chi connectivity index (χ3v) is 4.40. The van der Waals surface area contributed by atoms with Crippen LogP contribution in [0, 0.1) is 5.82 Å². The van der Waals surface area contributed by atoms with Gasteiger partial charge in [0.1, 0.15) is 18.2 Å². The molecule has 27 heavy (non-hydrogen) atoms. The average Bonchev–Trinajstić information content (AvgIpc) is 3.05. The van der Waals surface area contributed by atoms with Gasteiger partial charge in [-0.15, -0.1) is 0 Å². The van der Waals surface area contributed by atoms with Gasteiger partial charge >= 0.3 is 0 Å². The summed E-state index contributed by atoms with van der Waals surface area (Å²) < 4.78 is 27.0. The zero-order valence-corrected chi connectivity index (χ0v) is 14.9. The second-order valence-electron chi connectivity index (χ2n) is 6.17. The molecule has 4 aromatic rings. The number of halogens is 1. The Hall–Kier alpha value is -3.34. The minimum atomic E-state index is -0.374. The van der Waals surface area contributed by atoms with Crippen molar-refractivity contribution in [1.29, 1.82) is 0 Å². The van der Waals surface area contributed by atoms with Crippen LogP contribution in [0.25, 0.3) is 11.0 Å². The van der Waals surface area contributed by atoms with Crippen molar-refractivity contribution in [2.24, 2.45) is 0 Å². The number of para-hydroxylation sites is 3. The van der Waals surface area contributed by atoms with Crippen molar-refractivity contribution in [2.75, 3.05) is 7.11 Å². The number of hydrogen-bond acceptors (Lipinski definition) is 3. The van der Waals surface area contributed by atoms with Crippen LogP contribution < -0.4 is 9.47 Å². The molecule has 0 bridgehead atoms. The molecular formula is C22H19FN2O2. The topological polar surface area (TPSA) is 36.3 Å². The van der Waals surface area contributed by atoms with E-state index in [0.717, 1.165) is 28.2 Å². The standard InChI is InChI=1S/C22H19FN2O2/c1-26-21-12-11-16(13-18(21)23)14-25-20-10-6-5-9-19(20)24-22(25)15-27-17-7-3-2-4-8-17/h2-13H,14-15H2,1H3. The van der Waals surface area contributed by atoms with Crippen molar-refractivity contribution in [2.45, 2.75) is 13.2 Å². The third-order valence-electron chi connectivity index (χ3n) is 4.40. The monoisotopic (exact) mass is 362 g/mol. The van der Waals surface area contributed by atoms with Gasteiger partial charge in [0.25, 0.3) is 0 Å². The van der Waals surface area contributed by atoms with E-state index in [4.69, 9.17) is 14.5 Å². The normalized spacial score (nSPS) is 10.9. The number of fused-ring (bicyclic) bond motifs is 1. The van der Waals surface area contributed by atoms with Gasteiger partial charge in [-0.2, -0.15) is 0 Å². The molecule has 0 unspecified atom stereocenters. The summed E-state index contributed by atoms with van der Waals surface area (Å²) in [6.07, 6.45) is 0. The Bertz CT molecular complexity index is 1060. The summed E-state index contributed by atoms with van der Waals surface area (Å²) in [6, 6.07) is 22.5. The molecule has 0 saturated carbocycles. The van der Waals surface area contributed by atoms with E-state index in [0.29, 0.717) is 13.2 Å². The lowest BCUT2D eigenvalue weighted by atomic mass is 10.2. The van der Waals surface area contributed by atoms with E-state index in [1.54, 1.807) is 6.07 Å². The summed E-state index contributed by atoms with van der Waals surface area (Å²) in [5, 5.41) is 0. The highest BCUT2D eigenvalue weighted by Gasteiger charge is 2.13. The van der Waals surface area contributed by atoms with E-state index >= 15 is 0 Å². The molecule has 5 heteroatoms. The summed E-state index contributed by atoms with van der Waals surface area (Å²) in [5.41, 5.74) is 2.70. The molecule has 0 atom stereocenters. The number of ether oxygens (including phenoxy) is 2. The highest BCUT2D eigenvalue weighted by atomic mass is 19.1. The fourth-order valence-electron chi connectivity index (χ4n) is 3.07. The maximum Gasteiger partial charge on any atom is 0.165 e. The zero-order chi connectivity index (χ0) is 18.6. The van der Waals surface area contributed by atoms with Crippen LogP contribution in [0.1, 0.15) is 11.4 Å². The number of aromatic nitrogens is 2. The maximum absolute atomic E-state index is 14.1. The number of nitrogens with zero attached hydrogens (tertiary/aromatic N) is 2. The predicted octanol–water partition coefficient (Wildman–Crippen LogP) is 4.81. The van der Waals surface area contributed by atoms with E-state index < -0.39 is 0 Å². The van der Waals surface area contributed by atoms with Gasteiger partial charge in [0, 0.05) is 6.54 Å². The lowest BCUT2D eigenvalue weighted by molar-refractivity contribution is 0.291. The second-order valence-corrected chi connectivity index (χ2v) is 6.17. The molecular weight excluding hydrogens is 343 g/mol. The Morgan fingerprint density at radius 3 is 2.52 bits per heavy atom. The minimum Gasteiger partial charge on any atom is -0.494 e. The smallest absolute Gasteiger partial charge is 0.165 e. The van der Waals surface area contributed by atoms with Crippen LogP contribution in [0.15, 0.2) is 72.8 Å². The largest absolute Gasteiger partial charge is 0.494 e. The number of hydrogen-bond donors (Lipinski definition) is 0. The first kappa shape index (κ1) is 17.1. The van der Waals surface area contributed by atoms with Crippen LogP contribution in [-0.4, -0.2) is 16.7 Å². The molecule has 3 aromatic carbocycles. The first-order chi connectivity index (χ1) is 13.2. The predicted molar refractivity (Wildman–Crippen MR) is 103 cm³/mol. The van der Waals surface area contributed by atoms with Crippen molar-refractivity contribution in [3.05, 3.63) is 90.0 Å². The second kappa shape index (κ2) is 7.50. The highest BCUT2D eigenvalue weighted by Crippen LogP contribution is 2.22. The van der Waals surface area contributed by atoms with Crippen LogP contribution in [0.4, 0.5) is 4.39 Å². The van der Waals surface area contributed by atoms with Crippen LogP contribution >= 0.6 is 0 Å². The Morgan fingerprint density at radius 2 is 1.74 bits per heavy atom. The van der Waals surface area contributed by atoms with Crippen LogP contribution in [-0.2, 0) is 13.2 Å². The van der Waals surface area contributed by atoms with Crippen LogP contribution in [0.3, 0.4) is 0 Å². The SMILES string of the molecule is COc1ccc(Cn2c(COc3ccccc3)nc3ccccc32)cc1F. The quantitative estimate of drug-likeness (QED) is 0.494. The van der Waals surface area contributed by atoms with E-state index in [-0.39, 0.29) is 11.6 Å². The molecule has 0 aliphatic rings. The van der Waals surface area contributed by atoms with Gasteiger partial charge in [-0.05, 0) is 42.0 Å². The number of rotatable bonds is 6. The van der Waals surface area contributed by atoms with Gasteiger partial charge in [-0.3, -0.25) is 0 Å². The zero-order valence-electron chi connectivity index (χ0n) is 14.9. The molecule has 0 saturated heterocycles. The summed E-state index contributed by atoms with van der Waals surface area (Å²) >= 11 is 0. The van der Waals surface area contributed by atoms with Crippen molar-refractivity contribution < 1.29 is 13.9 Å². The fraction of sp³-hybridized carbons (Fsp3) is 0.136. The van der Waals surface area contributed by atoms with E-state index in [1.165, 1.54) is 13.2 Å². The summed E-state index contributed by atoms with van der Waals surface area (Å²) in [4.78, 5) is 4.70. The first-order valence-corrected chi connectivity index (χ1v) is 8.69. The molecule has 0 aliphatic heterocycles. The Labute approximate surface area is 156 Å². The van der Waals surface area contributed by atoms with Gasteiger partial charge in [0.15, 0.2) is 11.6 Å². The van der Waals surface area contributed by atoms with Crippen molar-refractivity contribution in [3.63, 3.8) is 0 Å². The van der Waals surface area contributed by atoms with Crippen molar-refractivity contribution in [1.82, 2.24) is 9.55 Å². The molecule has 1 aromatic heterocycles. The van der Waals surface area contributed by atoms with E-state index in [1.807, 2.05) is 60.7 Å². The molecule has 0 amide bonds. The van der Waals surface area contributed by atoms with E-state index in [9.17, 15) is 4.39 Å². The molecule has 0 N–H and O–H groups in total. The minimum absolute atomic E-state index is 0.238. The molecule has 0 radical (unpaired) electrons. The lowest BCUT2D eigenvalue weighted by Crippen LogP contribution is -2.08. The average molecular weight is 362 g/mol. The Kier molecular flexibility index (Phi) is 4.75. The molecule has 0 aliphatic carbocycles. The maximum atomic E-state index is 14.1. The molecule has 4 rings (SSSR count). The van der Waals surface area contributed by atoms with Crippen LogP contribution in [0.2, 0.25) is 0 Å². The van der Waals surface area contributed by atoms with Crippen LogP contribution in [0.5, 0.6) is 11.5 Å². The van der Waals surface area contributed by atoms with Gasteiger partial charge < -0.3 is 14.0 Å². The lowest BCUT2D eigenvalue weighted by Gasteiger charge is -2.11. The molecule has 0 fully saturated rings. The summed E-state index contributed by atoms with van der Waals surface area (Å²) in [7, 11) is 1.46. The van der Waals surface area contributed by atoms with Crippen molar-refractivity contribution >= 4 is 11.0 Å². The Morgan fingerprint density at radius 1 is 0.963 bits per heavy atom. The number of imidazole rings is 1. The molecule has 136 valence electrons.